The molecule has 0 N–H and O–H groups in total. The highest BCUT2D eigenvalue weighted by Gasteiger charge is 2.52. The molecule has 0 aliphatic heterocycles. The maximum Gasteiger partial charge on any atom is 0.176 e. The van der Waals surface area contributed by atoms with Crippen LogP contribution in [0, 0.1) is 23.2 Å². The molecule has 2 aromatic heterocycles. The highest BCUT2D eigenvalue weighted by molar-refractivity contribution is 6.02. The molecule has 0 fully saturated rings. The van der Waals surface area contributed by atoms with Crippen LogP contribution in [0.4, 0.5) is 0 Å². The van der Waals surface area contributed by atoms with Gasteiger partial charge < -0.3 is 0 Å². The first-order valence-electron chi connectivity index (χ1n) is 10.1. The minimum absolute atomic E-state index is 0.0358. The van der Waals surface area contributed by atoms with Crippen LogP contribution in [0.1, 0.15) is 30.2 Å². The van der Waals surface area contributed by atoms with E-state index in [4.69, 9.17) is 4.98 Å². The van der Waals surface area contributed by atoms with Crippen molar-refractivity contribution in [2.45, 2.75) is 25.2 Å². The van der Waals surface area contributed by atoms with Gasteiger partial charge in [0.2, 0.25) is 0 Å². The van der Waals surface area contributed by atoms with Gasteiger partial charge in [0.25, 0.3) is 0 Å². The Morgan fingerprint density at radius 3 is 2.70 bits per heavy atom. The van der Waals surface area contributed by atoms with Crippen LogP contribution >= 0.6 is 0 Å². The van der Waals surface area contributed by atoms with Gasteiger partial charge in [0, 0.05) is 30.1 Å². The number of hydrogen-bond donors (Lipinski definition) is 0. The number of Topliss-reactive ketones (excluding diaryl/α,β-unsaturated/α-hetero) is 1. The topological polar surface area (TPSA) is 79.5 Å². The number of fused-ring (bicyclic) bond motifs is 3. The Balaban J connectivity index is 1.83. The maximum atomic E-state index is 12.9. The number of aromatic nitrogens is 3. The summed E-state index contributed by atoms with van der Waals surface area (Å²) in [4.78, 5) is 26.7. The second kappa shape index (κ2) is 7.00. The summed E-state index contributed by atoms with van der Waals surface area (Å²) in [5, 5.41) is 9.73. The van der Waals surface area contributed by atoms with E-state index in [0.717, 1.165) is 35.2 Å². The summed E-state index contributed by atoms with van der Waals surface area (Å²) in [6.07, 6.45) is 8.90. The average molecular weight is 392 g/mol. The SMILES string of the molecule is C[C@@H]1C(=O)C(C#N)=C[C@]2(c3ccccc3)c3nc(-c4cccnc4)ncc3CC[C@@H]12. The molecule has 0 unspecified atom stereocenters. The van der Waals surface area contributed by atoms with Crippen molar-refractivity contribution in [2.75, 3.05) is 0 Å². The van der Waals surface area contributed by atoms with Gasteiger partial charge in [0.15, 0.2) is 11.6 Å². The Bertz CT molecular complexity index is 1200. The number of rotatable bonds is 2. The van der Waals surface area contributed by atoms with E-state index in [-0.39, 0.29) is 23.2 Å². The fourth-order valence-corrected chi connectivity index (χ4v) is 5.08. The van der Waals surface area contributed by atoms with E-state index < -0.39 is 5.41 Å². The number of nitrogens with zero attached hydrogens (tertiary/aromatic N) is 4. The molecule has 2 aliphatic rings. The summed E-state index contributed by atoms with van der Waals surface area (Å²) < 4.78 is 0. The van der Waals surface area contributed by atoms with Crippen LogP contribution in [0.25, 0.3) is 11.4 Å². The van der Waals surface area contributed by atoms with E-state index in [2.05, 4.69) is 28.2 Å². The lowest BCUT2D eigenvalue weighted by atomic mass is 9.54. The lowest BCUT2D eigenvalue weighted by molar-refractivity contribution is -0.121. The molecule has 146 valence electrons. The number of allylic oxidation sites excluding steroid dienone is 2. The molecule has 0 bridgehead atoms. The number of pyridine rings is 1. The smallest absolute Gasteiger partial charge is 0.176 e. The van der Waals surface area contributed by atoms with Gasteiger partial charge >= 0.3 is 0 Å². The Labute approximate surface area is 175 Å². The molecule has 0 radical (unpaired) electrons. The van der Waals surface area contributed by atoms with Crippen molar-refractivity contribution in [1.82, 2.24) is 15.0 Å². The molecule has 0 spiro atoms. The molecule has 2 aliphatic carbocycles. The van der Waals surface area contributed by atoms with Gasteiger partial charge in [-0.2, -0.15) is 5.26 Å². The maximum absolute atomic E-state index is 12.9. The largest absolute Gasteiger partial charge is 0.293 e. The molecule has 5 rings (SSSR count). The predicted molar refractivity (Wildman–Crippen MR) is 112 cm³/mol. The van der Waals surface area contributed by atoms with Crippen molar-refractivity contribution >= 4 is 5.78 Å². The van der Waals surface area contributed by atoms with E-state index in [1.807, 2.05) is 49.5 Å². The summed E-state index contributed by atoms with van der Waals surface area (Å²) >= 11 is 0. The molecule has 0 saturated carbocycles. The van der Waals surface area contributed by atoms with Crippen LogP contribution in [0.15, 0.2) is 72.7 Å². The van der Waals surface area contributed by atoms with Gasteiger partial charge in [-0.25, -0.2) is 9.97 Å². The number of ketones is 1. The van der Waals surface area contributed by atoms with E-state index in [1.54, 1.807) is 12.4 Å². The minimum Gasteiger partial charge on any atom is -0.293 e. The molecule has 3 aromatic rings. The predicted octanol–water partition coefficient (Wildman–Crippen LogP) is 4.06. The van der Waals surface area contributed by atoms with Gasteiger partial charge in [-0.05, 0) is 48.1 Å². The monoisotopic (exact) mass is 392 g/mol. The molecule has 5 nitrogen and oxygen atoms in total. The average Bonchev–Trinajstić information content (AvgIpc) is 2.82. The zero-order chi connectivity index (χ0) is 20.7. The summed E-state index contributed by atoms with van der Waals surface area (Å²) in [6, 6.07) is 16.1. The number of carbonyl (C=O) groups is 1. The van der Waals surface area contributed by atoms with Crippen LogP contribution in [0.3, 0.4) is 0 Å². The lowest BCUT2D eigenvalue weighted by Gasteiger charge is -2.47. The molecular formula is C25H20N4O. The fourth-order valence-electron chi connectivity index (χ4n) is 5.08. The third-order valence-corrected chi connectivity index (χ3v) is 6.51. The second-order valence-electron chi connectivity index (χ2n) is 8.01. The molecule has 0 amide bonds. The van der Waals surface area contributed by atoms with E-state index >= 15 is 0 Å². The molecule has 5 heteroatoms. The summed E-state index contributed by atoms with van der Waals surface area (Å²) in [5.41, 5.74) is 3.45. The number of aryl methyl sites for hydroxylation is 1. The Morgan fingerprint density at radius 1 is 1.13 bits per heavy atom. The lowest BCUT2D eigenvalue weighted by Crippen LogP contribution is -2.48. The van der Waals surface area contributed by atoms with Crippen LogP contribution in [-0.4, -0.2) is 20.7 Å². The quantitative estimate of drug-likeness (QED) is 0.657. The highest BCUT2D eigenvalue weighted by atomic mass is 16.1. The first kappa shape index (κ1) is 18.4. The van der Waals surface area contributed by atoms with Crippen molar-refractivity contribution in [1.29, 1.82) is 5.26 Å². The normalized spacial score (nSPS) is 24.9. The number of hydrogen-bond acceptors (Lipinski definition) is 5. The van der Waals surface area contributed by atoms with Crippen LogP contribution in [0.5, 0.6) is 0 Å². The Morgan fingerprint density at radius 2 is 1.97 bits per heavy atom. The van der Waals surface area contributed by atoms with Crippen LogP contribution in [-0.2, 0) is 16.6 Å². The van der Waals surface area contributed by atoms with E-state index in [1.165, 1.54) is 0 Å². The van der Waals surface area contributed by atoms with Crippen LogP contribution in [0.2, 0.25) is 0 Å². The Kier molecular flexibility index (Phi) is 4.29. The highest BCUT2D eigenvalue weighted by Crippen LogP contribution is 2.53. The zero-order valence-corrected chi connectivity index (χ0v) is 16.6. The van der Waals surface area contributed by atoms with Gasteiger partial charge in [-0.1, -0.05) is 37.3 Å². The molecule has 0 saturated heterocycles. The Hall–Kier alpha value is -3.65. The zero-order valence-electron chi connectivity index (χ0n) is 16.6. The summed E-state index contributed by atoms with van der Waals surface area (Å²) in [5.74, 6) is 0.316. The van der Waals surface area contributed by atoms with Gasteiger partial charge in [0.1, 0.15) is 6.07 Å². The van der Waals surface area contributed by atoms with Crippen molar-refractivity contribution in [3.63, 3.8) is 0 Å². The van der Waals surface area contributed by atoms with Gasteiger partial charge in [0.05, 0.1) is 16.7 Å². The van der Waals surface area contributed by atoms with Crippen molar-refractivity contribution in [2.24, 2.45) is 11.8 Å². The number of nitriles is 1. The second-order valence-corrected chi connectivity index (χ2v) is 8.01. The summed E-state index contributed by atoms with van der Waals surface area (Å²) in [6.45, 7) is 1.95. The van der Waals surface area contributed by atoms with Crippen molar-refractivity contribution in [3.05, 3.63) is 89.5 Å². The van der Waals surface area contributed by atoms with E-state index in [0.29, 0.717) is 5.82 Å². The minimum atomic E-state index is -0.632. The first-order chi connectivity index (χ1) is 14.6. The third kappa shape index (κ3) is 2.61. The van der Waals surface area contributed by atoms with Gasteiger partial charge in [-0.15, -0.1) is 0 Å². The summed E-state index contributed by atoms with van der Waals surface area (Å²) in [7, 11) is 0. The first-order valence-corrected chi connectivity index (χ1v) is 10.1. The molecule has 3 atom stereocenters. The van der Waals surface area contributed by atoms with Crippen LogP contribution < -0.4 is 0 Å². The van der Waals surface area contributed by atoms with Gasteiger partial charge in [-0.3, -0.25) is 9.78 Å². The molecule has 1 aromatic carbocycles. The third-order valence-electron chi connectivity index (χ3n) is 6.51. The van der Waals surface area contributed by atoms with Crippen molar-refractivity contribution in [3.8, 4) is 17.5 Å². The van der Waals surface area contributed by atoms with Crippen molar-refractivity contribution < 1.29 is 4.79 Å². The fraction of sp³-hybridized carbons (Fsp3) is 0.240. The molecule has 2 heterocycles. The molecular weight excluding hydrogens is 372 g/mol. The number of benzene rings is 1. The standard InChI is InChI=1S/C25H20N4O/c1-16-21-10-9-17-15-28-24(18-6-5-11-27-14-18)29-23(17)25(21,12-19(13-26)22(16)30)20-7-3-2-4-8-20/h2-8,11-12,14-16,21H,9-10H2,1H3/t16-,21-,25+/m0/s1. The molecule has 30 heavy (non-hydrogen) atoms. The van der Waals surface area contributed by atoms with E-state index in [9.17, 15) is 10.1 Å². The number of carbonyl (C=O) groups excluding carboxylic acids is 1.